The fraction of sp³-hybridized carbons (Fsp3) is 0.429. The van der Waals surface area contributed by atoms with Crippen molar-refractivity contribution >= 4 is 6.08 Å². The van der Waals surface area contributed by atoms with Crippen molar-refractivity contribution in [3.05, 3.63) is 40.5 Å². The smallest absolute Gasteiger partial charge is 0.00792 e. The first-order valence-electron chi connectivity index (χ1n) is 5.67. The van der Waals surface area contributed by atoms with Gasteiger partial charge in [-0.05, 0) is 49.8 Å². The van der Waals surface area contributed by atoms with Crippen LogP contribution in [0.5, 0.6) is 0 Å². The average molecular weight is 201 g/mol. The van der Waals surface area contributed by atoms with Crippen molar-refractivity contribution < 1.29 is 0 Å². The predicted octanol–water partition coefficient (Wildman–Crippen LogP) is 3.20. The third-order valence-electron chi connectivity index (χ3n) is 3.26. The molecule has 1 aromatic carbocycles. The largest absolute Gasteiger partial charge is 0.327 e. The Labute approximate surface area is 92.0 Å². The molecule has 0 saturated heterocycles. The fourth-order valence-corrected chi connectivity index (χ4v) is 2.13. The van der Waals surface area contributed by atoms with Gasteiger partial charge in [0.1, 0.15) is 0 Å². The van der Waals surface area contributed by atoms with E-state index in [1.807, 2.05) is 0 Å². The van der Waals surface area contributed by atoms with Crippen LogP contribution >= 0.6 is 0 Å². The van der Waals surface area contributed by atoms with E-state index in [2.05, 4.69) is 38.1 Å². The van der Waals surface area contributed by atoms with E-state index in [1.54, 1.807) is 0 Å². The summed E-state index contributed by atoms with van der Waals surface area (Å²) in [5.41, 5.74) is 11.4. The van der Waals surface area contributed by atoms with E-state index >= 15 is 0 Å². The van der Waals surface area contributed by atoms with Crippen molar-refractivity contribution in [2.24, 2.45) is 5.73 Å². The summed E-state index contributed by atoms with van der Waals surface area (Å²) < 4.78 is 0. The van der Waals surface area contributed by atoms with Crippen LogP contribution in [0, 0.1) is 13.8 Å². The van der Waals surface area contributed by atoms with E-state index in [-0.39, 0.29) is 0 Å². The molecule has 1 aliphatic rings. The number of benzene rings is 1. The maximum absolute atomic E-state index is 5.89. The molecule has 0 radical (unpaired) electrons. The van der Waals surface area contributed by atoms with Crippen LogP contribution in [0.25, 0.3) is 6.08 Å². The van der Waals surface area contributed by atoms with Crippen molar-refractivity contribution in [2.45, 2.75) is 39.2 Å². The molecule has 15 heavy (non-hydrogen) atoms. The molecule has 0 aliphatic heterocycles. The lowest BCUT2D eigenvalue weighted by molar-refractivity contribution is 0.711. The summed E-state index contributed by atoms with van der Waals surface area (Å²) >= 11 is 0. The Hall–Kier alpha value is -1.08. The summed E-state index contributed by atoms with van der Waals surface area (Å²) in [6.45, 7) is 4.31. The summed E-state index contributed by atoms with van der Waals surface area (Å²) in [6.07, 6.45) is 5.71. The lowest BCUT2D eigenvalue weighted by Gasteiger charge is -2.02. The summed E-state index contributed by atoms with van der Waals surface area (Å²) in [7, 11) is 0. The van der Waals surface area contributed by atoms with E-state index < -0.39 is 0 Å². The zero-order valence-corrected chi connectivity index (χ0v) is 9.59. The molecule has 0 spiro atoms. The van der Waals surface area contributed by atoms with E-state index in [0.29, 0.717) is 6.04 Å². The normalized spacial score (nSPS) is 23.7. The topological polar surface area (TPSA) is 26.0 Å². The van der Waals surface area contributed by atoms with Crippen LogP contribution in [-0.2, 0) is 0 Å². The Morgan fingerprint density at radius 1 is 1.27 bits per heavy atom. The molecule has 1 saturated carbocycles. The highest BCUT2D eigenvalue weighted by atomic mass is 14.6. The van der Waals surface area contributed by atoms with Crippen molar-refractivity contribution in [3.8, 4) is 0 Å². The zero-order valence-electron chi connectivity index (χ0n) is 9.59. The molecule has 2 N–H and O–H groups in total. The Bertz CT molecular complexity index is 390. The molecule has 0 amide bonds. The lowest BCUT2D eigenvalue weighted by Crippen LogP contribution is -2.13. The molecule has 1 unspecified atom stereocenters. The quantitative estimate of drug-likeness (QED) is 0.742. The molecular weight excluding hydrogens is 182 g/mol. The molecule has 0 aromatic heterocycles. The first kappa shape index (κ1) is 10.4. The first-order valence-corrected chi connectivity index (χ1v) is 5.67. The van der Waals surface area contributed by atoms with Crippen molar-refractivity contribution in [2.75, 3.05) is 0 Å². The maximum atomic E-state index is 5.89. The second-order valence-electron chi connectivity index (χ2n) is 4.65. The minimum absolute atomic E-state index is 0.391. The van der Waals surface area contributed by atoms with Crippen LogP contribution in [0.1, 0.15) is 36.0 Å². The van der Waals surface area contributed by atoms with Gasteiger partial charge in [0.25, 0.3) is 0 Å². The number of aryl methyl sites for hydroxylation is 2. The van der Waals surface area contributed by atoms with Crippen LogP contribution in [-0.4, -0.2) is 6.04 Å². The molecule has 1 aromatic rings. The third kappa shape index (κ3) is 2.48. The van der Waals surface area contributed by atoms with Gasteiger partial charge in [-0.15, -0.1) is 0 Å². The van der Waals surface area contributed by atoms with Crippen LogP contribution in [0.4, 0.5) is 0 Å². The van der Waals surface area contributed by atoms with Crippen LogP contribution in [0.3, 0.4) is 0 Å². The summed E-state index contributed by atoms with van der Waals surface area (Å²) in [4.78, 5) is 0. The molecule has 1 aliphatic carbocycles. The number of hydrogen-bond donors (Lipinski definition) is 1. The minimum Gasteiger partial charge on any atom is -0.327 e. The monoisotopic (exact) mass is 201 g/mol. The number of rotatable bonds is 1. The Kier molecular flexibility index (Phi) is 2.92. The van der Waals surface area contributed by atoms with Gasteiger partial charge < -0.3 is 5.73 Å². The highest BCUT2D eigenvalue weighted by Gasteiger charge is 2.14. The summed E-state index contributed by atoms with van der Waals surface area (Å²) in [6, 6.07) is 7.03. The van der Waals surface area contributed by atoms with Crippen molar-refractivity contribution in [1.29, 1.82) is 0 Å². The van der Waals surface area contributed by atoms with E-state index in [0.717, 1.165) is 12.8 Å². The molecule has 0 bridgehead atoms. The van der Waals surface area contributed by atoms with Gasteiger partial charge in [0.05, 0.1) is 0 Å². The number of hydrogen-bond acceptors (Lipinski definition) is 1. The van der Waals surface area contributed by atoms with Gasteiger partial charge in [0.15, 0.2) is 0 Å². The highest BCUT2D eigenvalue weighted by Crippen LogP contribution is 2.25. The van der Waals surface area contributed by atoms with Crippen LogP contribution < -0.4 is 5.73 Å². The average Bonchev–Trinajstić information content (AvgIpc) is 2.58. The van der Waals surface area contributed by atoms with Gasteiger partial charge in [-0.2, -0.15) is 0 Å². The molecule has 1 atom stereocenters. The van der Waals surface area contributed by atoms with Gasteiger partial charge in [0.2, 0.25) is 0 Å². The third-order valence-corrected chi connectivity index (χ3v) is 3.26. The molecule has 1 nitrogen and oxygen atoms in total. The molecule has 0 heterocycles. The van der Waals surface area contributed by atoms with Crippen LogP contribution in [0.15, 0.2) is 23.8 Å². The molecule has 1 heteroatoms. The van der Waals surface area contributed by atoms with Crippen molar-refractivity contribution in [1.82, 2.24) is 0 Å². The van der Waals surface area contributed by atoms with Gasteiger partial charge >= 0.3 is 0 Å². The van der Waals surface area contributed by atoms with Gasteiger partial charge in [0, 0.05) is 6.04 Å². The summed E-state index contributed by atoms with van der Waals surface area (Å²) in [5, 5.41) is 0. The van der Waals surface area contributed by atoms with Gasteiger partial charge in [-0.3, -0.25) is 0 Å². The Balaban J connectivity index is 2.20. The van der Waals surface area contributed by atoms with Crippen molar-refractivity contribution in [3.63, 3.8) is 0 Å². The second-order valence-corrected chi connectivity index (χ2v) is 4.65. The molecule has 1 fully saturated rings. The van der Waals surface area contributed by atoms with Gasteiger partial charge in [-0.25, -0.2) is 0 Å². The maximum Gasteiger partial charge on any atom is 0.00792 e. The minimum atomic E-state index is 0.391. The first-order chi connectivity index (χ1) is 7.15. The summed E-state index contributed by atoms with van der Waals surface area (Å²) in [5.74, 6) is 0. The Morgan fingerprint density at radius 2 is 2.07 bits per heavy atom. The highest BCUT2D eigenvalue weighted by molar-refractivity contribution is 5.55. The molecular formula is C14H19N. The van der Waals surface area contributed by atoms with E-state index in [4.69, 9.17) is 5.73 Å². The second kappa shape index (κ2) is 4.19. The van der Waals surface area contributed by atoms with Gasteiger partial charge in [-0.1, -0.05) is 29.8 Å². The predicted molar refractivity (Wildman–Crippen MR) is 65.7 cm³/mol. The van der Waals surface area contributed by atoms with E-state index in [9.17, 15) is 0 Å². The Morgan fingerprint density at radius 3 is 2.67 bits per heavy atom. The van der Waals surface area contributed by atoms with Crippen LogP contribution in [0.2, 0.25) is 0 Å². The van der Waals surface area contributed by atoms with E-state index in [1.165, 1.54) is 28.7 Å². The SMILES string of the molecule is Cc1ccc(C=C2CCC(N)C2)cc1C. The zero-order chi connectivity index (χ0) is 10.8. The fourth-order valence-electron chi connectivity index (χ4n) is 2.13. The molecule has 2 rings (SSSR count). The lowest BCUT2D eigenvalue weighted by atomic mass is 10.0. The standard InChI is InChI=1S/C14H19N/c1-10-3-4-12(7-11(10)2)8-13-5-6-14(15)9-13/h3-4,7-8,14H,5-6,9,15H2,1-2H3. The number of nitrogens with two attached hydrogens (primary N) is 1. The molecule has 80 valence electrons.